The van der Waals surface area contributed by atoms with Gasteiger partial charge in [-0.2, -0.15) is 13.2 Å². The molecule has 0 aliphatic carbocycles. The van der Waals surface area contributed by atoms with Gasteiger partial charge in [0.15, 0.2) is 0 Å². The van der Waals surface area contributed by atoms with E-state index in [9.17, 15) is 13.2 Å². The van der Waals surface area contributed by atoms with Gasteiger partial charge < -0.3 is 5.73 Å². The molecule has 0 fully saturated rings. The number of benzene rings is 1. The summed E-state index contributed by atoms with van der Waals surface area (Å²) in [5, 5.41) is 0.0737. The summed E-state index contributed by atoms with van der Waals surface area (Å²) in [5.74, 6) is 0. The Hall–Kier alpha value is -1.04. The summed E-state index contributed by atoms with van der Waals surface area (Å²) in [6, 6.07) is 7.11. The van der Waals surface area contributed by atoms with E-state index in [2.05, 4.69) is 0 Å². The molecule has 2 aromatic rings. The van der Waals surface area contributed by atoms with Crippen molar-refractivity contribution in [1.29, 1.82) is 0 Å². The Labute approximate surface area is 124 Å². The van der Waals surface area contributed by atoms with Crippen LogP contribution in [0.5, 0.6) is 0 Å². The molecule has 1 aromatic heterocycles. The molecule has 0 radical (unpaired) electrons. The quantitative estimate of drug-likeness (QED) is 0.794. The Balaban J connectivity index is 2.42. The number of hydrogen-bond donors (Lipinski definition) is 1. The van der Waals surface area contributed by atoms with Crippen molar-refractivity contribution in [3.8, 4) is 10.4 Å². The van der Waals surface area contributed by atoms with Gasteiger partial charge in [0.1, 0.15) is 0 Å². The standard InChI is InChI=1S/C14H13ClF3NS/c1-2-11(19)13-4-3-12(20-13)8-5-9(14(16,17)18)7-10(15)6-8/h3-7,11H,2,19H2,1H3. The third-order valence-corrected chi connectivity index (χ3v) is 4.43. The lowest BCUT2D eigenvalue weighted by Gasteiger charge is -2.09. The van der Waals surface area contributed by atoms with Crippen LogP contribution in [0.3, 0.4) is 0 Å². The molecule has 1 heterocycles. The van der Waals surface area contributed by atoms with Gasteiger partial charge in [-0.1, -0.05) is 18.5 Å². The van der Waals surface area contributed by atoms with Gasteiger partial charge >= 0.3 is 6.18 Å². The van der Waals surface area contributed by atoms with Crippen LogP contribution in [-0.4, -0.2) is 0 Å². The zero-order valence-corrected chi connectivity index (χ0v) is 12.2. The molecule has 0 bridgehead atoms. The number of hydrogen-bond acceptors (Lipinski definition) is 2. The van der Waals surface area contributed by atoms with Crippen molar-refractivity contribution in [1.82, 2.24) is 0 Å². The van der Waals surface area contributed by atoms with E-state index in [4.69, 9.17) is 17.3 Å². The van der Waals surface area contributed by atoms with Crippen molar-refractivity contribution in [2.24, 2.45) is 5.73 Å². The Morgan fingerprint density at radius 1 is 1.25 bits per heavy atom. The van der Waals surface area contributed by atoms with E-state index in [1.807, 2.05) is 13.0 Å². The summed E-state index contributed by atoms with van der Waals surface area (Å²) >= 11 is 7.18. The van der Waals surface area contributed by atoms with Gasteiger partial charge in [-0.3, -0.25) is 0 Å². The number of alkyl halides is 3. The zero-order chi connectivity index (χ0) is 14.9. The molecular weight excluding hydrogens is 307 g/mol. The van der Waals surface area contributed by atoms with Crippen LogP contribution in [0.25, 0.3) is 10.4 Å². The van der Waals surface area contributed by atoms with Crippen LogP contribution in [0, 0.1) is 0 Å². The number of halogens is 4. The van der Waals surface area contributed by atoms with Gasteiger partial charge in [0, 0.05) is 20.8 Å². The summed E-state index contributed by atoms with van der Waals surface area (Å²) in [6.07, 6.45) is -3.62. The predicted octanol–water partition coefficient (Wildman–Crippen LogP) is 5.50. The highest BCUT2D eigenvalue weighted by atomic mass is 35.5. The molecule has 0 spiro atoms. The highest BCUT2D eigenvalue weighted by Gasteiger charge is 2.31. The Kier molecular flexibility index (Phi) is 4.42. The van der Waals surface area contributed by atoms with Crippen LogP contribution in [0.1, 0.15) is 29.8 Å². The second-order valence-electron chi connectivity index (χ2n) is 4.44. The van der Waals surface area contributed by atoms with E-state index in [0.717, 1.165) is 28.3 Å². The number of rotatable bonds is 3. The van der Waals surface area contributed by atoms with Crippen molar-refractivity contribution in [2.45, 2.75) is 25.6 Å². The van der Waals surface area contributed by atoms with Crippen LogP contribution in [0.15, 0.2) is 30.3 Å². The van der Waals surface area contributed by atoms with Gasteiger partial charge in [-0.25, -0.2) is 0 Å². The fourth-order valence-corrected chi connectivity index (χ4v) is 3.12. The molecule has 1 nitrogen and oxygen atoms in total. The second kappa shape index (κ2) is 5.76. The van der Waals surface area contributed by atoms with E-state index in [0.29, 0.717) is 5.56 Å². The van der Waals surface area contributed by atoms with E-state index in [1.165, 1.54) is 17.4 Å². The molecule has 108 valence electrons. The minimum atomic E-state index is -4.40. The molecule has 20 heavy (non-hydrogen) atoms. The highest BCUT2D eigenvalue weighted by molar-refractivity contribution is 7.15. The molecule has 1 unspecified atom stereocenters. The van der Waals surface area contributed by atoms with Gasteiger partial charge in [0.2, 0.25) is 0 Å². The molecule has 1 atom stereocenters. The number of nitrogens with two attached hydrogens (primary N) is 1. The third kappa shape index (κ3) is 3.34. The Morgan fingerprint density at radius 3 is 2.55 bits per heavy atom. The molecule has 0 saturated heterocycles. The summed E-state index contributed by atoms with van der Waals surface area (Å²) in [5.41, 5.74) is 5.64. The lowest BCUT2D eigenvalue weighted by atomic mass is 10.1. The molecule has 2 N–H and O–H groups in total. The average molecular weight is 320 g/mol. The molecule has 0 amide bonds. The summed E-state index contributed by atoms with van der Waals surface area (Å²) in [6.45, 7) is 1.96. The minimum absolute atomic E-state index is 0.0737. The maximum Gasteiger partial charge on any atom is 0.416 e. The van der Waals surface area contributed by atoms with Gasteiger partial charge in [0.25, 0.3) is 0 Å². The summed E-state index contributed by atoms with van der Waals surface area (Å²) in [7, 11) is 0. The highest BCUT2D eigenvalue weighted by Crippen LogP contribution is 2.37. The van der Waals surface area contributed by atoms with E-state index >= 15 is 0 Å². The SMILES string of the molecule is CCC(N)c1ccc(-c2cc(Cl)cc(C(F)(F)F)c2)s1. The average Bonchev–Trinajstić information content (AvgIpc) is 2.85. The maximum atomic E-state index is 12.8. The molecule has 1 aromatic carbocycles. The lowest BCUT2D eigenvalue weighted by Crippen LogP contribution is -2.05. The van der Waals surface area contributed by atoms with Crippen molar-refractivity contribution in [2.75, 3.05) is 0 Å². The smallest absolute Gasteiger partial charge is 0.323 e. The topological polar surface area (TPSA) is 26.0 Å². The van der Waals surface area contributed by atoms with Crippen LogP contribution < -0.4 is 5.73 Å². The zero-order valence-electron chi connectivity index (χ0n) is 10.7. The minimum Gasteiger partial charge on any atom is -0.323 e. The maximum absolute atomic E-state index is 12.8. The lowest BCUT2D eigenvalue weighted by molar-refractivity contribution is -0.137. The molecule has 0 aliphatic heterocycles. The first kappa shape index (κ1) is 15.4. The summed E-state index contributed by atoms with van der Waals surface area (Å²) in [4.78, 5) is 1.69. The van der Waals surface area contributed by atoms with Crippen LogP contribution in [0.2, 0.25) is 5.02 Å². The van der Waals surface area contributed by atoms with Gasteiger partial charge in [0.05, 0.1) is 5.56 Å². The van der Waals surface area contributed by atoms with Crippen molar-refractivity contribution >= 4 is 22.9 Å². The first-order chi connectivity index (χ1) is 9.31. The monoisotopic (exact) mass is 319 g/mol. The first-order valence-electron chi connectivity index (χ1n) is 6.04. The normalized spacial score (nSPS) is 13.5. The molecule has 6 heteroatoms. The van der Waals surface area contributed by atoms with E-state index in [-0.39, 0.29) is 11.1 Å². The van der Waals surface area contributed by atoms with Crippen molar-refractivity contribution in [3.05, 3.63) is 45.8 Å². The van der Waals surface area contributed by atoms with Crippen molar-refractivity contribution in [3.63, 3.8) is 0 Å². The van der Waals surface area contributed by atoms with Crippen LogP contribution in [-0.2, 0) is 6.18 Å². The Morgan fingerprint density at radius 2 is 1.95 bits per heavy atom. The van der Waals surface area contributed by atoms with Crippen LogP contribution >= 0.6 is 22.9 Å². The van der Waals surface area contributed by atoms with Gasteiger partial charge in [-0.15, -0.1) is 11.3 Å². The third-order valence-electron chi connectivity index (χ3n) is 2.94. The van der Waals surface area contributed by atoms with E-state index < -0.39 is 11.7 Å². The second-order valence-corrected chi connectivity index (χ2v) is 5.99. The largest absolute Gasteiger partial charge is 0.416 e. The van der Waals surface area contributed by atoms with Crippen molar-refractivity contribution < 1.29 is 13.2 Å². The fraction of sp³-hybridized carbons (Fsp3) is 0.286. The predicted molar refractivity (Wildman–Crippen MR) is 77.0 cm³/mol. The van der Waals surface area contributed by atoms with Gasteiger partial charge in [-0.05, 0) is 42.3 Å². The number of thiophene rings is 1. The first-order valence-corrected chi connectivity index (χ1v) is 7.24. The molecule has 0 saturated carbocycles. The molecule has 0 aliphatic rings. The molecular formula is C14H13ClF3NS. The Bertz CT molecular complexity index is 607. The van der Waals surface area contributed by atoms with Crippen LogP contribution in [0.4, 0.5) is 13.2 Å². The van der Waals surface area contributed by atoms with E-state index in [1.54, 1.807) is 6.07 Å². The summed E-state index contributed by atoms with van der Waals surface area (Å²) < 4.78 is 38.3. The fourth-order valence-electron chi connectivity index (χ4n) is 1.80. The molecule has 2 rings (SSSR count).